The Kier molecular flexibility index (Phi) is 7.86. The van der Waals surface area contributed by atoms with Crippen LogP contribution < -0.4 is 14.4 Å². The Morgan fingerprint density at radius 3 is 2.18 bits per heavy atom. The lowest BCUT2D eigenvalue weighted by Crippen LogP contribution is -2.29. The lowest BCUT2D eigenvalue weighted by molar-refractivity contribution is -0.132. The molecule has 39 heavy (non-hydrogen) atoms. The van der Waals surface area contributed by atoms with Gasteiger partial charge in [0.2, 0.25) is 0 Å². The van der Waals surface area contributed by atoms with Gasteiger partial charge in [0.15, 0.2) is 5.13 Å². The number of aliphatic hydroxyl groups is 1. The normalized spacial score (nSPS) is 16.7. The summed E-state index contributed by atoms with van der Waals surface area (Å²) in [6.07, 6.45) is 1.73. The van der Waals surface area contributed by atoms with Gasteiger partial charge in [-0.25, -0.2) is 4.98 Å². The zero-order valence-electron chi connectivity index (χ0n) is 21.5. The Hall–Kier alpha value is -3.88. The minimum Gasteiger partial charge on any atom is -0.507 e. The number of nitrogens with zero attached hydrogens (tertiary/aromatic N) is 2. The van der Waals surface area contributed by atoms with Crippen molar-refractivity contribution in [2.75, 3.05) is 18.1 Å². The molecular formula is C30H27ClN2O5S. The van der Waals surface area contributed by atoms with E-state index in [1.54, 1.807) is 66.7 Å². The molecule has 1 saturated heterocycles. The number of rotatable bonds is 9. The molecule has 1 aliphatic rings. The zero-order valence-corrected chi connectivity index (χ0v) is 23.1. The maximum Gasteiger partial charge on any atom is 0.301 e. The number of fused-ring (bicyclic) bond motifs is 1. The van der Waals surface area contributed by atoms with Gasteiger partial charge < -0.3 is 14.6 Å². The van der Waals surface area contributed by atoms with Crippen LogP contribution in [0.1, 0.15) is 43.9 Å². The van der Waals surface area contributed by atoms with E-state index >= 15 is 0 Å². The van der Waals surface area contributed by atoms with Crippen molar-refractivity contribution in [1.29, 1.82) is 0 Å². The van der Waals surface area contributed by atoms with Crippen LogP contribution in [0.3, 0.4) is 0 Å². The average molecular weight is 563 g/mol. The summed E-state index contributed by atoms with van der Waals surface area (Å²) >= 11 is 7.43. The Labute approximate surface area is 235 Å². The molecule has 5 rings (SSSR count). The van der Waals surface area contributed by atoms with Crippen molar-refractivity contribution in [2.24, 2.45) is 0 Å². The van der Waals surface area contributed by atoms with Gasteiger partial charge in [0, 0.05) is 10.6 Å². The summed E-state index contributed by atoms with van der Waals surface area (Å²) in [5.41, 5.74) is 1.69. The van der Waals surface area contributed by atoms with E-state index in [0.29, 0.717) is 51.5 Å². The third-order valence-electron chi connectivity index (χ3n) is 6.26. The topological polar surface area (TPSA) is 89.0 Å². The number of benzene rings is 3. The number of amides is 1. The molecule has 1 N–H and O–H groups in total. The van der Waals surface area contributed by atoms with Gasteiger partial charge in [0.05, 0.1) is 35.0 Å². The number of aliphatic hydroxyl groups excluding tert-OH is 1. The molecule has 4 aromatic rings. The van der Waals surface area contributed by atoms with E-state index in [0.717, 1.165) is 17.5 Å². The van der Waals surface area contributed by atoms with E-state index in [1.165, 1.54) is 16.2 Å². The van der Waals surface area contributed by atoms with Crippen molar-refractivity contribution in [3.05, 3.63) is 88.5 Å². The number of hydrogen-bond donors (Lipinski definition) is 1. The number of thiazole rings is 1. The molecule has 0 spiro atoms. The molecule has 2 heterocycles. The molecule has 7 nitrogen and oxygen atoms in total. The summed E-state index contributed by atoms with van der Waals surface area (Å²) in [4.78, 5) is 32.9. The van der Waals surface area contributed by atoms with Crippen LogP contribution in [-0.4, -0.2) is 35.0 Å². The van der Waals surface area contributed by atoms with Crippen molar-refractivity contribution in [3.8, 4) is 11.5 Å². The van der Waals surface area contributed by atoms with Gasteiger partial charge in [0.1, 0.15) is 17.3 Å². The fourth-order valence-electron chi connectivity index (χ4n) is 4.39. The summed E-state index contributed by atoms with van der Waals surface area (Å²) in [6, 6.07) is 18.4. The number of ether oxygens (including phenoxy) is 2. The van der Waals surface area contributed by atoms with Crippen LogP contribution in [-0.2, 0) is 9.59 Å². The predicted molar refractivity (Wildman–Crippen MR) is 154 cm³/mol. The first-order valence-corrected chi connectivity index (χ1v) is 13.9. The first kappa shape index (κ1) is 26.7. The van der Waals surface area contributed by atoms with E-state index < -0.39 is 17.7 Å². The monoisotopic (exact) mass is 562 g/mol. The Balaban J connectivity index is 1.62. The molecule has 1 amide bonds. The third-order valence-corrected chi connectivity index (χ3v) is 7.51. The number of ketones is 1. The van der Waals surface area contributed by atoms with Gasteiger partial charge in [-0.1, -0.05) is 48.9 Å². The molecule has 0 aliphatic carbocycles. The van der Waals surface area contributed by atoms with Gasteiger partial charge in [-0.3, -0.25) is 14.5 Å². The molecule has 9 heteroatoms. The van der Waals surface area contributed by atoms with Gasteiger partial charge >= 0.3 is 5.91 Å². The highest BCUT2D eigenvalue weighted by molar-refractivity contribution is 7.22. The fraction of sp³-hybridized carbons (Fsp3) is 0.233. The van der Waals surface area contributed by atoms with E-state index in [-0.39, 0.29) is 11.3 Å². The van der Waals surface area contributed by atoms with Gasteiger partial charge in [0.25, 0.3) is 5.78 Å². The zero-order chi connectivity index (χ0) is 27.5. The highest BCUT2D eigenvalue weighted by Crippen LogP contribution is 2.44. The van der Waals surface area contributed by atoms with Crippen LogP contribution in [0.25, 0.3) is 16.0 Å². The summed E-state index contributed by atoms with van der Waals surface area (Å²) < 4.78 is 12.1. The largest absolute Gasteiger partial charge is 0.507 e. The molecule has 1 aliphatic heterocycles. The molecule has 0 saturated carbocycles. The molecule has 0 radical (unpaired) electrons. The summed E-state index contributed by atoms with van der Waals surface area (Å²) in [6.45, 7) is 5.18. The molecular weight excluding hydrogens is 536 g/mol. The highest BCUT2D eigenvalue weighted by atomic mass is 35.5. The Morgan fingerprint density at radius 2 is 1.56 bits per heavy atom. The standard InChI is InChI=1S/C30H27ClN2O5S/c1-3-15-37-21-10-5-18(6-11-21)26-25(27(34)19-7-12-22(13-8-19)38-16-4-2)28(35)29(36)33(26)30-32-23-14-9-20(31)17-24(23)39-30/h5-14,17,26,34H,3-4,15-16H2,1-2H3. The van der Waals surface area contributed by atoms with Crippen LogP contribution in [0.2, 0.25) is 5.02 Å². The number of hydrogen-bond acceptors (Lipinski definition) is 7. The minimum absolute atomic E-state index is 0.0123. The minimum atomic E-state index is -0.891. The van der Waals surface area contributed by atoms with Crippen molar-refractivity contribution >= 4 is 55.7 Å². The number of aromatic nitrogens is 1. The van der Waals surface area contributed by atoms with Crippen molar-refractivity contribution in [1.82, 2.24) is 4.98 Å². The van der Waals surface area contributed by atoms with Gasteiger partial charge in [-0.2, -0.15) is 0 Å². The number of anilines is 1. The second-order valence-corrected chi connectivity index (χ2v) is 10.5. The fourth-order valence-corrected chi connectivity index (χ4v) is 5.65. The first-order chi connectivity index (χ1) is 18.9. The third kappa shape index (κ3) is 5.35. The lowest BCUT2D eigenvalue weighted by Gasteiger charge is -2.23. The average Bonchev–Trinajstić information content (AvgIpc) is 3.48. The quantitative estimate of drug-likeness (QED) is 0.132. The second-order valence-electron chi connectivity index (χ2n) is 9.07. The van der Waals surface area contributed by atoms with E-state index in [2.05, 4.69) is 4.98 Å². The molecule has 1 aromatic heterocycles. The second kappa shape index (κ2) is 11.5. The molecule has 200 valence electrons. The van der Waals surface area contributed by atoms with Crippen molar-refractivity contribution in [2.45, 2.75) is 32.7 Å². The maximum absolute atomic E-state index is 13.5. The van der Waals surface area contributed by atoms with Crippen LogP contribution in [0.15, 0.2) is 72.3 Å². The summed E-state index contributed by atoms with van der Waals surface area (Å²) in [5.74, 6) is -0.484. The highest BCUT2D eigenvalue weighted by Gasteiger charge is 2.48. The van der Waals surface area contributed by atoms with Gasteiger partial charge in [-0.05, 0) is 73.0 Å². The molecule has 1 unspecified atom stereocenters. The number of halogens is 1. The Morgan fingerprint density at radius 1 is 0.949 bits per heavy atom. The van der Waals surface area contributed by atoms with Crippen molar-refractivity contribution in [3.63, 3.8) is 0 Å². The molecule has 1 atom stereocenters. The first-order valence-electron chi connectivity index (χ1n) is 12.7. The van der Waals surface area contributed by atoms with E-state index in [1.807, 2.05) is 13.8 Å². The Bertz CT molecular complexity index is 1550. The number of carbonyl (C=O) groups excluding carboxylic acids is 2. The smallest absolute Gasteiger partial charge is 0.301 e. The summed E-state index contributed by atoms with van der Waals surface area (Å²) in [7, 11) is 0. The van der Waals surface area contributed by atoms with Crippen LogP contribution in [0, 0.1) is 0 Å². The number of Topliss-reactive ketones (excluding diaryl/α,β-unsaturated/α-hetero) is 1. The van der Waals surface area contributed by atoms with E-state index in [9.17, 15) is 14.7 Å². The van der Waals surface area contributed by atoms with Crippen LogP contribution >= 0.6 is 22.9 Å². The van der Waals surface area contributed by atoms with Gasteiger partial charge in [-0.15, -0.1) is 0 Å². The summed E-state index contributed by atoms with van der Waals surface area (Å²) in [5, 5.41) is 12.3. The van der Waals surface area contributed by atoms with Crippen LogP contribution in [0.4, 0.5) is 5.13 Å². The maximum atomic E-state index is 13.5. The molecule has 1 fully saturated rings. The van der Waals surface area contributed by atoms with Crippen molar-refractivity contribution < 1.29 is 24.2 Å². The number of carbonyl (C=O) groups is 2. The molecule has 0 bridgehead atoms. The SMILES string of the molecule is CCCOc1ccc(C(O)=C2C(=O)C(=O)N(c3nc4ccc(Cl)cc4s3)C2c2ccc(OCCC)cc2)cc1. The van der Waals surface area contributed by atoms with E-state index in [4.69, 9.17) is 21.1 Å². The molecule has 3 aromatic carbocycles. The lowest BCUT2D eigenvalue weighted by atomic mass is 9.95. The predicted octanol–water partition coefficient (Wildman–Crippen LogP) is 7.15. The van der Waals surface area contributed by atoms with Crippen LogP contribution in [0.5, 0.6) is 11.5 Å².